The highest BCUT2D eigenvalue weighted by molar-refractivity contribution is 6.25. The molecular formula is C21H28ClFN2O. The molecule has 1 aromatic carbocycles. The van der Waals surface area contributed by atoms with Gasteiger partial charge < -0.3 is 4.90 Å². The Morgan fingerprint density at radius 1 is 1.08 bits per heavy atom. The summed E-state index contributed by atoms with van der Waals surface area (Å²) < 4.78 is 14.5. The molecule has 2 aliphatic carbocycles. The summed E-state index contributed by atoms with van der Waals surface area (Å²) in [6.45, 7) is 2.04. The van der Waals surface area contributed by atoms with Crippen LogP contribution in [0.5, 0.6) is 0 Å². The van der Waals surface area contributed by atoms with Crippen LogP contribution in [-0.2, 0) is 4.79 Å². The van der Waals surface area contributed by atoms with E-state index in [2.05, 4.69) is 4.90 Å². The summed E-state index contributed by atoms with van der Waals surface area (Å²) in [5, 5.41) is -0.0429. The Labute approximate surface area is 160 Å². The fourth-order valence-corrected chi connectivity index (χ4v) is 5.01. The van der Waals surface area contributed by atoms with E-state index in [-0.39, 0.29) is 29.3 Å². The van der Waals surface area contributed by atoms with Crippen LogP contribution in [0.2, 0.25) is 0 Å². The first-order valence-electron chi connectivity index (χ1n) is 10.1. The number of amides is 1. The number of halogens is 2. The van der Waals surface area contributed by atoms with Crippen LogP contribution >= 0.6 is 11.6 Å². The molecule has 5 unspecified atom stereocenters. The topological polar surface area (TPSA) is 23.6 Å². The second kappa shape index (κ2) is 7.85. The third-order valence-electron chi connectivity index (χ3n) is 6.20. The van der Waals surface area contributed by atoms with Crippen molar-refractivity contribution in [1.82, 2.24) is 4.90 Å². The lowest BCUT2D eigenvalue weighted by Crippen LogP contribution is -2.54. The van der Waals surface area contributed by atoms with Crippen molar-refractivity contribution in [3.8, 4) is 0 Å². The summed E-state index contributed by atoms with van der Waals surface area (Å²) in [6.07, 6.45) is 5.19. The quantitative estimate of drug-likeness (QED) is 0.573. The van der Waals surface area contributed by atoms with Crippen molar-refractivity contribution in [1.29, 1.82) is 0 Å². The van der Waals surface area contributed by atoms with Crippen LogP contribution in [0.1, 0.15) is 44.9 Å². The molecule has 1 saturated heterocycles. The van der Waals surface area contributed by atoms with E-state index in [1.807, 2.05) is 35.2 Å². The summed E-state index contributed by atoms with van der Waals surface area (Å²) in [5.41, 5.74) is 0.930. The van der Waals surface area contributed by atoms with Crippen molar-refractivity contribution in [2.24, 2.45) is 5.92 Å². The lowest BCUT2D eigenvalue weighted by Gasteiger charge is -2.41. The van der Waals surface area contributed by atoms with E-state index in [1.165, 1.54) is 12.8 Å². The van der Waals surface area contributed by atoms with E-state index >= 15 is 0 Å². The van der Waals surface area contributed by atoms with Gasteiger partial charge in [0.05, 0.1) is 12.0 Å². The van der Waals surface area contributed by atoms with Crippen molar-refractivity contribution in [3.05, 3.63) is 30.3 Å². The summed E-state index contributed by atoms with van der Waals surface area (Å²) in [4.78, 5) is 17.7. The predicted molar refractivity (Wildman–Crippen MR) is 103 cm³/mol. The molecule has 5 heteroatoms. The number of rotatable bonds is 4. The number of hydrogen-bond acceptors (Lipinski definition) is 2. The zero-order chi connectivity index (χ0) is 18.1. The largest absolute Gasteiger partial charge is 0.308 e. The third kappa shape index (κ3) is 3.77. The second-order valence-corrected chi connectivity index (χ2v) is 8.60. The Hall–Kier alpha value is -1.13. The molecule has 1 aliphatic heterocycles. The van der Waals surface area contributed by atoms with Gasteiger partial charge in [0.15, 0.2) is 0 Å². The van der Waals surface area contributed by atoms with E-state index in [4.69, 9.17) is 11.6 Å². The van der Waals surface area contributed by atoms with Gasteiger partial charge in [0.25, 0.3) is 0 Å². The molecule has 5 atom stereocenters. The van der Waals surface area contributed by atoms with E-state index in [9.17, 15) is 9.18 Å². The van der Waals surface area contributed by atoms with Gasteiger partial charge in [-0.2, -0.15) is 0 Å². The molecule has 26 heavy (non-hydrogen) atoms. The number of para-hydroxylation sites is 1. The first-order chi connectivity index (χ1) is 12.6. The lowest BCUT2D eigenvalue weighted by molar-refractivity contribution is -0.120. The monoisotopic (exact) mass is 378 g/mol. The van der Waals surface area contributed by atoms with Gasteiger partial charge in [-0.05, 0) is 70.2 Å². The average Bonchev–Trinajstić information content (AvgIpc) is 3.20. The molecule has 0 aromatic heterocycles. The minimum Gasteiger partial charge on any atom is -0.308 e. The third-order valence-corrected chi connectivity index (χ3v) is 6.68. The lowest BCUT2D eigenvalue weighted by atomic mass is 9.97. The van der Waals surface area contributed by atoms with E-state index in [0.717, 1.165) is 38.0 Å². The van der Waals surface area contributed by atoms with Crippen molar-refractivity contribution in [3.63, 3.8) is 0 Å². The molecule has 0 radical (unpaired) electrons. The Bertz CT molecular complexity index is 622. The van der Waals surface area contributed by atoms with Gasteiger partial charge >= 0.3 is 0 Å². The number of anilines is 1. The molecule has 142 valence electrons. The Morgan fingerprint density at radius 3 is 2.42 bits per heavy atom. The summed E-state index contributed by atoms with van der Waals surface area (Å²) in [5.74, 6) is 0.0447. The Balaban J connectivity index is 1.67. The maximum atomic E-state index is 14.5. The number of carbonyl (C=O) groups is 1. The van der Waals surface area contributed by atoms with Gasteiger partial charge in [0, 0.05) is 17.1 Å². The van der Waals surface area contributed by atoms with E-state index < -0.39 is 6.17 Å². The fraction of sp³-hybridized carbons (Fsp3) is 0.667. The van der Waals surface area contributed by atoms with Crippen LogP contribution in [0.4, 0.5) is 10.1 Å². The van der Waals surface area contributed by atoms with Gasteiger partial charge in [-0.15, -0.1) is 11.6 Å². The first kappa shape index (κ1) is 18.2. The summed E-state index contributed by atoms with van der Waals surface area (Å²) in [6, 6.07) is 10.1. The maximum absolute atomic E-state index is 14.5. The zero-order valence-corrected chi connectivity index (χ0v) is 16.0. The number of hydrogen-bond donors (Lipinski definition) is 0. The molecule has 0 spiro atoms. The molecule has 3 fully saturated rings. The van der Waals surface area contributed by atoms with Crippen molar-refractivity contribution >= 4 is 23.2 Å². The van der Waals surface area contributed by atoms with Crippen molar-refractivity contribution in [2.75, 3.05) is 18.0 Å². The predicted octanol–water partition coefficient (Wildman–Crippen LogP) is 4.39. The number of carbonyl (C=O) groups excluding carboxylic acids is 1. The molecule has 0 N–H and O–H groups in total. The van der Waals surface area contributed by atoms with E-state index in [0.29, 0.717) is 12.8 Å². The standard InChI is InChI=1S/C21H28ClFN2O/c22-18-14-17(18)21(26)25(16-8-2-1-3-9-16)19-10-6-7-15(23)13-20(19)24-11-4-5-12-24/h1-3,8-9,15,17-20H,4-7,10-14H2. The Kier molecular flexibility index (Phi) is 5.51. The Morgan fingerprint density at radius 2 is 1.77 bits per heavy atom. The molecular weight excluding hydrogens is 351 g/mol. The van der Waals surface area contributed by atoms with Gasteiger partial charge in [0.2, 0.25) is 5.91 Å². The number of nitrogens with zero attached hydrogens (tertiary/aromatic N) is 2. The second-order valence-electron chi connectivity index (χ2n) is 8.04. The molecule has 1 heterocycles. The molecule has 3 aliphatic rings. The normalized spacial score (nSPS) is 35.1. The van der Waals surface area contributed by atoms with Gasteiger partial charge in [-0.1, -0.05) is 18.2 Å². The number of likely N-dealkylation sites (tertiary alicyclic amines) is 1. The van der Waals surface area contributed by atoms with Crippen LogP contribution in [-0.4, -0.2) is 47.5 Å². The van der Waals surface area contributed by atoms with Crippen LogP contribution in [0.15, 0.2) is 30.3 Å². The first-order valence-corrected chi connectivity index (χ1v) is 10.5. The molecule has 0 bridgehead atoms. The summed E-state index contributed by atoms with van der Waals surface area (Å²) in [7, 11) is 0. The van der Waals surface area contributed by atoms with Crippen LogP contribution < -0.4 is 4.90 Å². The highest BCUT2D eigenvalue weighted by atomic mass is 35.5. The summed E-state index contributed by atoms with van der Waals surface area (Å²) >= 11 is 6.22. The van der Waals surface area contributed by atoms with Gasteiger partial charge in [-0.25, -0.2) is 4.39 Å². The highest BCUT2D eigenvalue weighted by Gasteiger charge is 2.47. The molecule has 4 rings (SSSR count). The van der Waals surface area contributed by atoms with Crippen molar-refractivity contribution < 1.29 is 9.18 Å². The zero-order valence-electron chi connectivity index (χ0n) is 15.2. The highest BCUT2D eigenvalue weighted by Crippen LogP contribution is 2.41. The minimum atomic E-state index is -0.764. The SMILES string of the molecule is O=C(C1CC1Cl)N(c1ccccc1)C1CCCC(F)CC1N1CCCC1. The molecule has 1 amide bonds. The fourth-order valence-electron chi connectivity index (χ4n) is 4.71. The molecule has 3 nitrogen and oxygen atoms in total. The molecule has 1 aromatic rings. The number of alkyl halides is 2. The smallest absolute Gasteiger partial charge is 0.231 e. The van der Waals surface area contributed by atoms with Crippen LogP contribution in [0.25, 0.3) is 0 Å². The van der Waals surface area contributed by atoms with Crippen LogP contribution in [0, 0.1) is 5.92 Å². The van der Waals surface area contributed by atoms with E-state index in [1.54, 1.807) is 0 Å². The molecule has 2 saturated carbocycles. The van der Waals surface area contributed by atoms with Crippen molar-refractivity contribution in [2.45, 2.75) is 68.6 Å². The van der Waals surface area contributed by atoms with Crippen LogP contribution in [0.3, 0.4) is 0 Å². The minimum absolute atomic E-state index is 0.0354. The number of benzene rings is 1. The van der Waals surface area contributed by atoms with Gasteiger partial charge in [-0.3, -0.25) is 9.69 Å². The average molecular weight is 379 g/mol. The maximum Gasteiger partial charge on any atom is 0.231 e. The van der Waals surface area contributed by atoms with Gasteiger partial charge in [0.1, 0.15) is 6.17 Å².